The SMILES string of the molecule is CC(c1ccccc1)[N+](C)(CCc1ccccc1)c1nccc(N)n1. The number of rotatable bonds is 6. The number of hydrogen-bond acceptors (Lipinski definition) is 3. The molecule has 4 heteroatoms. The van der Waals surface area contributed by atoms with Crippen LogP contribution in [0.1, 0.15) is 24.1 Å². The molecule has 2 atom stereocenters. The lowest BCUT2D eigenvalue weighted by Gasteiger charge is -2.37. The van der Waals surface area contributed by atoms with Crippen LogP contribution in [-0.2, 0) is 6.42 Å². The molecule has 0 aliphatic rings. The third-order valence-corrected chi connectivity index (χ3v) is 4.97. The summed E-state index contributed by atoms with van der Waals surface area (Å²) >= 11 is 0. The van der Waals surface area contributed by atoms with Gasteiger partial charge in [-0.05, 0) is 18.6 Å². The van der Waals surface area contributed by atoms with Crippen LogP contribution in [0.5, 0.6) is 0 Å². The summed E-state index contributed by atoms with van der Waals surface area (Å²) in [7, 11) is 2.19. The third kappa shape index (κ3) is 3.86. The van der Waals surface area contributed by atoms with Crippen molar-refractivity contribution in [3.05, 3.63) is 84.1 Å². The van der Waals surface area contributed by atoms with Gasteiger partial charge in [0, 0.05) is 18.2 Å². The Kier molecular flexibility index (Phi) is 5.10. The lowest BCUT2D eigenvalue weighted by Crippen LogP contribution is -2.50. The molecule has 2 N–H and O–H groups in total. The Morgan fingerprint density at radius 1 is 0.960 bits per heavy atom. The molecule has 0 saturated heterocycles. The van der Waals surface area contributed by atoms with Crippen molar-refractivity contribution in [2.75, 3.05) is 19.3 Å². The predicted molar refractivity (Wildman–Crippen MR) is 104 cm³/mol. The highest BCUT2D eigenvalue weighted by atomic mass is 15.4. The van der Waals surface area contributed by atoms with Crippen LogP contribution in [0.3, 0.4) is 0 Å². The van der Waals surface area contributed by atoms with E-state index in [0.29, 0.717) is 10.3 Å². The first-order valence-electron chi connectivity index (χ1n) is 8.63. The summed E-state index contributed by atoms with van der Waals surface area (Å²) < 4.78 is 0.601. The summed E-state index contributed by atoms with van der Waals surface area (Å²) in [4.78, 5) is 9.09. The predicted octanol–water partition coefficient (Wildman–Crippen LogP) is 4.00. The van der Waals surface area contributed by atoms with Crippen LogP contribution in [0.15, 0.2) is 72.9 Å². The van der Waals surface area contributed by atoms with Gasteiger partial charge in [-0.15, -0.1) is 0 Å². The first-order chi connectivity index (χ1) is 12.1. The van der Waals surface area contributed by atoms with Gasteiger partial charge >= 0.3 is 5.95 Å². The number of likely N-dealkylation sites (N-methyl/N-ethyl adjacent to an activating group) is 1. The van der Waals surface area contributed by atoms with Gasteiger partial charge in [0.1, 0.15) is 11.9 Å². The van der Waals surface area contributed by atoms with Gasteiger partial charge in [0.2, 0.25) is 0 Å². The molecule has 0 radical (unpaired) electrons. The van der Waals surface area contributed by atoms with Crippen LogP contribution in [-0.4, -0.2) is 23.6 Å². The average Bonchev–Trinajstić information content (AvgIpc) is 2.67. The van der Waals surface area contributed by atoms with Gasteiger partial charge < -0.3 is 5.73 Å². The van der Waals surface area contributed by atoms with Gasteiger partial charge in [-0.2, -0.15) is 9.97 Å². The van der Waals surface area contributed by atoms with Crippen molar-refractivity contribution in [3.8, 4) is 0 Å². The molecule has 2 aromatic carbocycles. The van der Waals surface area contributed by atoms with E-state index in [-0.39, 0.29) is 6.04 Å². The molecular formula is C21H25N4+. The second-order valence-electron chi connectivity index (χ2n) is 6.60. The fourth-order valence-electron chi connectivity index (χ4n) is 3.14. The summed E-state index contributed by atoms with van der Waals surface area (Å²) in [6, 6.07) is 23.0. The largest absolute Gasteiger partial charge is 0.383 e. The average molecular weight is 333 g/mol. The molecule has 0 aliphatic heterocycles. The second kappa shape index (κ2) is 7.45. The summed E-state index contributed by atoms with van der Waals surface area (Å²) in [5, 5.41) is 0. The Morgan fingerprint density at radius 3 is 2.24 bits per heavy atom. The molecule has 3 rings (SSSR count). The maximum Gasteiger partial charge on any atom is 0.331 e. The highest BCUT2D eigenvalue weighted by Gasteiger charge is 2.35. The molecule has 0 amide bonds. The minimum absolute atomic E-state index is 0.215. The van der Waals surface area contributed by atoms with Crippen molar-refractivity contribution >= 4 is 11.8 Å². The monoisotopic (exact) mass is 333 g/mol. The minimum Gasteiger partial charge on any atom is -0.383 e. The zero-order valence-electron chi connectivity index (χ0n) is 14.8. The van der Waals surface area contributed by atoms with Crippen LogP contribution in [0.2, 0.25) is 0 Å². The number of nitrogens with two attached hydrogens (primary N) is 1. The molecule has 1 aromatic heterocycles. The number of nitrogen functional groups attached to an aromatic ring is 1. The highest BCUT2D eigenvalue weighted by molar-refractivity contribution is 5.37. The molecule has 0 aliphatic carbocycles. The number of anilines is 1. The van der Waals surface area contributed by atoms with E-state index in [1.165, 1.54) is 11.1 Å². The lowest BCUT2D eigenvalue weighted by atomic mass is 10.0. The van der Waals surface area contributed by atoms with Crippen molar-refractivity contribution in [1.29, 1.82) is 0 Å². The maximum absolute atomic E-state index is 5.94. The lowest BCUT2D eigenvalue weighted by molar-refractivity contribution is 0.249. The molecule has 3 aromatic rings. The summed E-state index contributed by atoms with van der Waals surface area (Å²) in [5.74, 6) is 1.27. The maximum atomic E-state index is 5.94. The van der Waals surface area contributed by atoms with E-state index in [1.807, 2.05) is 12.1 Å². The van der Waals surface area contributed by atoms with E-state index in [4.69, 9.17) is 5.73 Å². The molecule has 0 fully saturated rings. The van der Waals surface area contributed by atoms with Gasteiger partial charge in [0.05, 0.1) is 13.6 Å². The minimum atomic E-state index is 0.215. The van der Waals surface area contributed by atoms with Crippen molar-refractivity contribution in [2.45, 2.75) is 19.4 Å². The number of benzene rings is 2. The number of quaternary nitrogens is 1. The Labute approximate surface area is 149 Å². The first kappa shape index (κ1) is 17.1. The summed E-state index contributed by atoms with van der Waals surface area (Å²) in [6.45, 7) is 3.12. The smallest absolute Gasteiger partial charge is 0.331 e. The van der Waals surface area contributed by atoms with Crippen molar-refractivity contribution in [1.82, 2.24) is 14.5 Å². The van der Waals surface area contributed by atoms with Crippen LogP contribution in [0, 0.1) is 0 Å². The Morgan fingerprint density at radius 2 is 1.60 bits per heavy atom. The molecule has 0 saturated carbocycles. The topological polar surface area (TPSA) is 51.8 Å². The highest BCUT2D eigenvalue weighted by Crippen LogP contribution is 2.31. The zero-order valence-corrected chi connectivity index (χ0v) is 14.8. The molecule has 1 heterocycles. The van der Waals surface area contributed by atoms with Gasteiger partial charge in [0.15, 0.2) is 0 Å². The molecule has 0 bridgehead atoms. The Balaban J connectivity index is 1.95. The van der Waals surface area contributed by atoms with E-state index < -0.39 is 0 Å². The molecular weight excluding hydrogens is 308 g/mol. The zero-order chi connectivity index (χ0) is 17.7. The van der Waals surface area contributed by atoms with E-state index >= 15 is 0 Å². The van der Waals surface area contributed by atoms with Crippen LogP contribution >= 0.6 is 0 Å². The quantitative estimate of drug-likeness (QED) is 0.694. The van der Waals surface area contributed by atoms with E-state index in [1.54, 1.807) is 12.3 Å². The van der Waals surface area contributed by atoms with E-state index in [0.717, 1.165) is 18.9 Å². The molecule has 128 valence electrons. The van der Waals surface area contributed by atoms with Gasteiger partial charge in [-0.25, -0.2) is 0 Å². The van der Waals surface area contributed by atoms with E-state index in [2.05, 4.69) is 72.5 Å². The van der Waals surface area contributed by atoms with Crippen LogP contribution < -0.4 is 10.2 Å². The molecule has 2 unspecified atom stereocenters. The number of nitrogens with zero attached hydrogens (tertiary/aromatic N) is 3. The number of hydrogen-bond donors (Lipinski definition) is 1. The van der Waals surface area contributed by atoms with Gasteiger partial charge in [0.25, 0.3) is 0 Å². The normalized spacial score (nSPS) is 14.6. The molecule has 0 spiro atoms. The van der Waals surface area contributed by atoms with Crippen molar-refractivity contribution in [2.24, 2.45) is 0 Å². The first-order valence-corrected chi connectivity index (χ1v) is 8.63. The fourth-order valence-corrected chi connectivity index (χ4v) is 3.14. The summed E-state index contributed by atoms with van der Waals surface area (Å²) in [6.07, 6.45) is 2.70. The Hall–Kier alpha value is -2.72. The van der Waals surface area contributed by atoms with Crippen molar-refractivity contribution in [3.63, 3.8) is 0 Å². The third-order valence-electron chi connectivity index (χ3n) is 4.97. The standard InChI is InChI=1S/C21H25N4/c1-17(19-11-7-4-8-12-19)25(2,21-23-15-13-20(22)24-21)16-14-18-9-5-3-6-10-18/h3-13,15,17H,14,16H2,1-2H3,(H2,22,23,24)/q+1. The van der Waals surface area contributed by atoms with Crippen LogP contribution in [0.4, 0.5) is 11.8 Å². The van der Waals surface area contributed by atoms with Gasteiger partial charge in [-0.3, -0.25) is 4.48 Å². The van der Waals surface area contributed by atoms with Crippen molar-refractivity contribution < 1.29 is 0 Å². The van der Waals surface area contributed by atoms with Gasteiger partial charge in [-0.1, -0.05) is 60.7 Å². The van der Waals surface area contributed by atoms with E-state index in [9.17, 15) is 0 Å². The molecule has 25 heavy (non-hydrogen) atoms. The second-order valence-corrected chi connectivity index (χ2v) is 6.60. The number of aromatic nitrogens is 2. The van der Waals surface area contributed by atoms with Crippen LogP contribution in [0.25, 0.3) is 0 Å². The summed E-state index contributed by atoms with van der Waals surface area (Å²) in [5.41, 5.74) is 8.52. The Bertz CT molecular complexity index is 804. The molecule has 4 nitrogen and oxygen atoms in total. The fraction of sp³-hybridized carbons (Fsp3) is 0.238.